The summed E-state index contributed by atoms with van der Waals surface area (Å²) >= 11 is 5.35. The van der Waals surface area contributed by atoms with Crippen molar-refractivity contribution in [2.75, 3.05) is 19.6 Å². The van der Waals surface area contributed by atoms with Crippen LogP contribution in [0.4, 0.5) is 0 Å². The zero-order valence-corrected chi connectivity index (χ0v) is 12.1. The smallest absolute Gasteiger partial charge is 0.0701 e. The SMILES string of the molecule is CC1CN(CCc2ccc(Br)s2)CCC1N. The van der Waals surface area contributed by atoms with E-state index in [1.807, 2.05) is 11.3 Å². The summed E-state index contributed by atoms with van der Waals surface area (Å²) in [4.78, 5) is 4.01. The van der Waals surface area contributed by atoms with E-state index in [2.05, 4.69) is 39.9 Å². The van der Waals surface area contributed by atoms with Crippen LogP contribution in [-0.4, -0.2) is 30.6 Å². The first-order valence-corrected chi connectivity index (χ1v) is 7.48. The number of hydrogen-bond acceptors (Lipinski definition) is 3. The Morgan fingerprint density at radius 2 is 2.38 bits per heavy atom. The topological polar surface area (TPSA) is 29.3 Å². The van der Waals surface area contributed by atoms with E-state index in [4.69, 9.17) is 5.73 Å². The number of rotatable bonds is 3. The van der Waals surface area contributed by atoms with Crippen LogP contribution in [0.1, 0.15) is 18.2 Å². The van der Waals surface area contributed by atoms with Gasteiger partial charge >= 0.3 is 0 Å². The first-order valence-electron chi connectivity index (χ1n) is 5.87. The van der Waals surface area contributed by atoms with Crippen LogP contribution in [0.3, 0.4) is 0 Å². The van der Waals surface area contributed by atoms with Gasteiger partial charge in [0.15, 0.2) is 0 Å². The number of halogens is 1. The molecular formula is C12H19BrN2S. The number of hydrogen-bond donors (Lipinski definition) is 1. The molecule has 2 nitrogen and oxygen atoms in total. The number of piperidine rings is 1. The highest BCUT2D eigenvalue weighted by Gasteiger charge is 2.22. The van der Waals surface area contributed by atoms with E-state index in [1.165, 1.54) is 15.2 Å². The van der Waals surface area contributed by atoms with E-state index < -0.39 is 0 Å². The van der Waals surface area contributed by atoms with E-state index in [0.29, 0.717) is 12.0 Å². The fourth-order valence-electron chi connectivity index (χ4n) is 2.21. The zero-order chi connectivity index (χ0) is 11.5. The minimum atomic E-state index is 0.409. The highest BCUT2D eigenvalue weighted by molar-refractivity contribution is 9.11. The van der Waals surface area contributed by atoms with E-state index in [9.17, 15) is 0 Å². The molecule has 1 aliphatic rings. The molecular weight excluding hydrogens is 284 g/mol. The van der Waals surface area contributed by atoms with Crippen LogP contribution in [-0.2, 0) is 6.42 Å². The molecule has 1 saturated heterocycles. The van der Waals surface area contributed by atoms with E-state index in [1.54, 1.807) is 0 Å². The summed E-state index contributed by atoms with van der Waals surface area (Å²) in [7, 11) is 0. The van der Waals surface area contributed by atoms with Crippen molar-refractivity contribution in [2.45, 2.75) is 25.8 Å². The van der Waals surface area contributed by atoms with Gasteiger partial charge in [0.1, 0.15) is 0 Å². The Morgan fingerprint density at radius 3 is 3.00 bits per heavy atom. The van der Waals surface area contributed by atoms with Gasteiger partial charge in [-0.3, -0.25) is 0 Å². The largest absolute Gasteiger partial charge is 0.327 e. The zero-order valence-electron chi connectivity index (χ0n) is 9.66. The lowest BCUT2D eigenvalue weighted by atomic mass is 9.95. The van der Waals surface area contributed by atoms with Crippen molar-refractivity contribution < 1.29 is 0 Å². The van der Waals surface area contributed by atoms with Gasteiger partial charge in [-0.05, 0) is 53.4 Å². The monoisotopic (exact) mass is 302 g/mol. The van der Waals surface area contributed by atoms with Gasteiger partial charge in [0.25, 0.3) is 0 Å². The third-order valence-corrected chi connectivity index (χ3v) is 5.04. The molecule has 2 atom stereocenters. The van der Waals surface area contributed by atoms with E-state index >= 15 is 0 Å². The van der Waals surface area contributed by atoms with Crippen LogP contribution >= 0.6 is 27.3 Å². The lowest BCUT2D eigenvalue weighted by molar-refractivity contribution is 0.166. The lowest BCUT2D eigenvalue weighted by Gasteiger charge is -2.34. The molecule has 2 N–H and O–H groups in total. The first kappa shape index (κ1) is 12.6. The van der Waals surface area contributed by atoms with Gasteiger partial charge in [0.2, 0.25) is 0 Å². The fraction of sp³-hybridized carbons (Fsp3) is 0.667. The summed E-state index contributed by atoms with van der Waals surface area (Å²) in [6.07, 6.45) is 2.31. The summed E-state index contributed by atoms with van der Waals surface area (Å²) in [6.45, 7) is 5.76. The van der Waals surface area contributed by atoms with Crippen LogP contribution in [0.2, 0.25) is 0 Å². The summed E-state index contributed by atoms with van der Waals surface area (Å²) < 4.78 is 1.23. The van der Waals surface area contributed by atoms with Gasteiger partial charge in [0, 0.05) is 24.0 Å². The number of nitrogens with two attached hydrogens (primary N) is 1. The summed E-state index contributed by atoms with van der Waals surface area (Å²) in [5.41, 5.74) is 6.02. The molecule has 1 aliphatic heterocycles. The maximum Gasteiger partial charge on any atom is 0.0701 e. The second kappa shape index (κ2) is 5.63. The summed E-state index contributed by atoms with van der Waals surface area (Å²) in [5, 5.41) is 0. The Labute approximate surface area is 110 Å². The van der Waals surface area contributed by atoms with Gasteiger partial charge in [-0.1, -0.05) is 6.92 Å². The summed E-state index contributed by atoms with van der Waals surface area (Å²) in [6, 6.07) is 4.76. The van der Waals surface area contributed by atoms with Crippen LogP contribution in [0.25, 0.3) is 0 Å². The minimum absolute atomic E-state index is 0.409. The molecule has 1 aromatic rings. The molecule has 4 heteroatoms. The Balaban J connectivity index is 1.78. The number of thiophene rings is 1. The van der Waals surface area contributed by atoms with Crippen molar-refractivity contribution in [1.82, 2.24) is 4.90 Å². The van der Waals surface area contributed by atoms with Gasteiger partial charge in [-0.2, -0.15) is 0 Å². The Bertz CT molecular complexity index is 340. The predicted molar refractivity (Wildman–Crippen MR) is 73.9 cm³/mol. The van der Waals surface area contributed by atoms with Crippen molar-refractivity contribution >= 4 is 27.3 Å². The first-order chi connectivity index (χ1) is 7.65. The maximum absolute atomic E-state index is 6.02. The number of likely N-dealkylation sites (tertiary alicyclic amines) is 1. The second-order valence-corrected chi connectivity index (χ2v) is 7.23. The average Bonchev–Trinajstić information content (AvgIpc) is 2.66. The van der Waals surface area contributed by atoms with Crippen LogP contribution in [0, 0.1) is 5.92 Å². The molecule has 2 heterocycles. The molecule has 1 aromatic heterocycles. The van der Waals surface area contributed by atoms with Crippen molar-refractivity contribution in [3.05, 3.63) is 20.8 Å². The summed E-state index contributed by atoms with van der Waals surface area (Å²) in [5.74, 6) is 0.642. The van der Waals surface area contributed by atoms with Gasteiger partial charge in [-0.15, -0.1) is 11.3 Å². The molecule has 0 spiro atoms. The normalized spacial score (nSPS) is 27.2. The third-order valence-electron chi connectivity index (χ3n) is 3.36. The molecule has 0 aliphatic carbocycles. The molecule has 0 radical (unpaired) electrons. The molecule has 1 fully saturated rings. The second-order valence-electron chi connectivity index (χ2n) is 4.69. The van der Waals surface area contributed by atoms with Gasteiger partial charge in [-0.25, -0.2) is 0 Å². The maximum atomic E-state index is 6.02. The Hall–Kier alpha value is 0.1000. The molecule has 90 valence electrons. The van der Waals surface area contributed by atoms with Crippen molar-refractivity contribution in [1.29, 1.82) is 0 Å². The molecule has 16 heavy (non-hydrogen) atoms. The molecule has 2 rings (SSSR count). The van der Waals surface area contributed by atoms with E-state index in [-0.39, 0.29) is 0 Å². The van der Waals surface area contributed by atoms with Crippen LogP contribution in [0.5, 0.6) is 0 Å². The van der Waals surface area contributed by atoms with Crippen LogP contribution < -0.4 is 5.73 Å². The van der Waals surface area contributed by atoms with Crippen molar-refractivity contribution in [2.24, 2.45) is 11.7 Å². The Kier molecular flexibility index (Phi) is 4.41. The molecule has 0 saturated carbocycles. The highest BCUT2D eigenvalue weighted by atomic mass is 79.9. The lowest BCUT2D eigenvalue weighted by Crippen LogP contribution is -2.46. The quantitative estimate of drug-likeness (QED) is 0.930. The molecule has 0 aromatic carbocycles. The van der Waals surface area contributed by atoms with Crippen molar-refractivity contribution in [3.8, 4) is 0 Å². The minimum Gasteiger partial charge on any atom is -0.327 e. The Morgan fingerprint density at radius 1 is 1.56 bits per heavy atom. The third kappa shape index (κ3) is 3.29. The molecule has 0 amide bonds. The molecule has 0 bridgehead atoms. The van der Waals surface area contributed by atoms with Gasteiger partial charge < -0.3 is 10.6 Å². The van der Waals surface area contributed by atoms with Gasteiger partial charge in [0.05, 0.1) is 3.79 Å². The fourth-order valence-corrected chi connectivity index (χ4v) is 3.68. The average molecular weight is 303 g/mol. The van der Waals surface area contributed by atoms with Crippen LogP contribution in [0.15, 0.2) is 15.9 Å². The van der Waals surface area contributed by atoms with E-state index in [0.717, 1.165) is 25.9 Å². The van der Waals surface area contributed by atoms with Crippen molar-refractivity contribution in [3.63, 3.8) is 0 Å². The highest BCUT2D eigenvalue weighted by Crippen LogP contribution is 2.23. The number of nitrogens with zero attached hydrogens (tertiary/aromatic N) is 1. The standard InChI is InChI=1S/C12H19BrN2S/c1-9-8-15(7-5-11(9)14)6-4-10-2-3-12(13)16-10/h2-3,9,11H,4-8,14H2,1H3. The molecule has 2 unspecified atom stereocenters. The predicted octanol–water partition coefficient (Wildman–Crippen LogP) is 2.72.